The minimum Gasteiger partial charge on any atom is -0.457 e. The molecule has 1 amide bonds. The molecule has 0 fully saturated rings. The summed E-state index contributed by atoms with van der Waals surface area (Å²) in [6, 6.07) is 16.9. The number of aromatic nitrogens is 3. The van der Waals surface area contributed by atoms with Crippen LogP contribution in [0.3, 0.4) is 0 Å². The van der Waals surface area contributed by atoms with Crippen molar-refractivity contribution in [3.05, 3.63) is 71.0 Å². The Kier molecular flexibility index (Phi) is 7.25. The van der Waals surface area contributed by atoms with Gasteiger partial charge in [-0.05, 0) is 42.5 Å². The van der Waals surface area contributed by atoms with Crippen molar-refractivity contribution in [3.63, 3.8) is 0 Å². The highest BCUT2D eigenvalue weighted by molar-refractivity contribution is 9.10. The van der Waals surface area contributed by atoms with Gasteiger partial charge in [0.05, 0.1) is 11.0 Å². The highest BCUT2D eigenvalue weighted by atomic mass is 79.9. The van der Waals surface area contributed by atoms with Crippen LogP contribution in [0, 0.1) is 0 Å². The molecule has 31 heavy (non-hydrogen) atoms. The molecule has 2 heterocycles. The van der Waals surface area contributed by atoms with Gasteiger partial charge in [-0.15, -0.1) is 0 Å². The highest BCUT2D eigenvalue weighted by Gasteiger charge is 2.11. The molecule has 2 N–H and O–H groups in total. The average molecular weight is 482 g/mol. The van der Waals surface area contributed by atoms with E-state index in [0.29, 0.717) is 17.2 Å². The number of benzene rings is 2. The number of anilines is 2. The quantitative estimate of drug-likeness (QED) is 0.384. The maximum atomic E-state index is 11.8. The lowest BCUT2D eigenvalue weighted by molar-refractivity contribution is 0.0958. The molecule has 4 aromatic rings. The zero-order valence-corrected chi connectivity index (χ0v) is 19.4. The number of aryl methyl sites for hydroxylation is 1. The smallest absolute Gasteiger partial charge is 0.269 e. The van der Waals surface area contributed by atoms with Gasteiger partial charge < -0.3 is 19.9 Å². The predicted octanol–water partition coefficient (Wildman–Crippen LogP) is 5.65. The molecule has 2 aromatic carbocycles. The van der Waals surface area contributed by atoms with Crippen LogP contribution in [0.15, 0.2) is 65.3 Å². The maximum absolute atomic E-state index is 11.8. The third-order valence-corrected chi connectivity index (χ3v) is 4.91. The van der Waals surface area contributed by atoms with E-state index >= 15 is 0 Å². The molecule has 0 saturated carbocycles. The van der Waals surface area contributed by atoms with Crippen molar-refractivity contribution in [2.75, 3.05) is 12.4 Å². The van der Waals surface area contributed by atoms with Gasteiger partial charge in [-0.3, -0.25) is 9.78 Å². The molecule has 0 bridgehead atoms. The molecule has 4 rings (SSSR count). The number of pyridine rings is 1. The molecule has 0 radical (unpaired) electrons. The first-order valence-electron chi connectivity index (χ1n) is 9.88. The second-order valence-electron chi connectivity index (χ2n) is 6.33. The van der Waals surface area contributed by atoms with Crippen molar-refractivity contribution in [2.45, 2.75) is 13.8 Å². The van der Waals surface area contributed by atoms with Gasteiger partial charge in [0.25, 0.3) is 5.91 Å². The van der Waals surface area contributed by atoms with E-state index in [4.69, 9.17) is 4.74 Å². The van der Waals surface area contributed by atoms with Crippen LogP contribution in [0.1, 0.15) is 24.3 Å². The number of carbonyl (C=O) groups excluding carboxylic acids is 1. The Hall–Kier alpha value is -3.39. The average Bonchev–Trinajstić information content (AvgIpc) is 3.10. The van der Waals surface area contributed by atoms with Crippen LogP contribution in [0.5, 0.6) is 11.5 Å². The molecule has 0 unspecified atom stereocenters. The fraction of sp³-hybridized carbons (Fsp3) is 0.174. The van der Waals surface area contributed by atoms with Gasteiger partial charge >= 0.3 is 0 Å². The molecule has 0 aliphatic carbocycles. The van der Waals surface area contributed by atoms with Gasteiger partial charge in [-0.25, -0.2) is 4.98 Å². The number of imidazole rings is 1. The fourth-order valence-corrected chi connectivity index (χ4v) is 3.14. The number of hydrogen-bond donors (Lipinski definition) is 2. The van der Waals surface area contributed by atoms with E-state index in [1.54, 1.807) is 25.4 Å². The summed E-state index contributed by atoms with van der Waals surface area (Å²) >= 11 is 3.44. The third-order valence-electron chi connectivity index (χ3n) is 4.38. The Morgan fingerprint density at radius 1 is 1.03 bits per heavy atom. The minimum atomic E-state index is -0.265. The first kappa shape index (κ1) is 22.3. The van der Waals surface area contributed by atoms with Gasteiger partial charge in [-0.1, -0.05) is 29.8 Å². The summed E-state index contributed by atoms with van der Waals surface area (Å²) in [5.74, 6) is 1.62. The molecular weight excluding hydrogens is 458 g/mol. The van der Waals surface area contributed by atoms with Crippen molar-refractivity contribution < 1.29 is 9.53 Å². The molecule has 160 valence electrons. The SMILES string of the molecule is CC.CNC(=O)c1cc(Oc2ccc3c(c2)nc(Nc2ccc(Br)cc2)n3C)ccn1. The van der Waals surface area contributed by atoms with E-state index in [1.807, 2.05) is 67.9 Å². The number of rotatable bonds is 5. The van der Waals surface area contributed by atoms with Crippen LogP contribution in [-0.4, -0.2) is 27.5 Å². The van der Waals surface area contributed by atoms with Crippen molar-refractivity contribution >= 4 is 44.5 Å². The molecule has 8 heteroatoms. The van der Waals surface area contributed by atoms with Crippen LogP contribution in [0.25, 0.3) is 11.0 Å². The lowest BCUT2D eigenvalue weighted by atomic mass is 10.3. The minimum absolute atomic E-state index is 0.265. The monoisotopic (exact) mass is 481 g/mol. The van der Waals surface area contributed by atoms with E-state index in [2.05, 4.69) is 36.5 Å². The second kappa shape index (κ2) is 10.1. The molecule has 0 saturated heterocycles. The number of amides is 1. The van der Waals surface area contributed by atoms with Gasteiger partial charge in [-0.2, -0.15) is 0 Å². The number of fused-ring (bicyclic) bond motifs is 1. The highest BCUT2D eigenvalue weighted by Crippen LogP contribution is 2.28. The van der Waals surface area contributed by atoms with Gasteiger partial charge in [0.1, 0.15) is 17.2 Å². The van der Waals surface area contributed by atoms with E-state index in [-0.39, 0.29) is 5.91 Å². The van der Waals surface area contributed by atoms with E-state index in [0.717, 1.165) is 27.1 Å². The predicted molar refractivity (Wildman–Crippen MR) is 127 cm³/mol. The standard InChI is InChI=1S/C21H18BrN5O2.C2H6/c1-23-20(28)18-12-16(9-10-24-18)29-15-7-8-19-17(11-15)26-21(27(19)2)25-14-5-3-13(22)4-6-14;1-2/h3-12H,1-2H3,(H,23,28)(H,25,26);1-2H3. The number of ether oxygens (including phenoxy) is 1. The van der Waals surface area contributed by atoms with Crippen LogP contribution in [0.2, 0.25) is 0 Å². The zero-order valence-electron chi connectivity index (χ0n) is 17.8. The number of nitrogens with zero attached hydrogens (tertiary/aromatic N) is 3. The van der Waals surface area contributed by atoms with Crippen molar-refractivity contribution in [3.8, 4) is 11.5 Å². The summed E-state index contributed by atoms with van der Waals surface area (Å²) < 4.78 is 8.91. The summed E-state index contributed by atoms with van der Waals surface area (Å²) in [4.78, 5) is 20.5. The van der Waals surface area contributed by atoms with Crippen molar-refractivity contribution in [1.29, 1.82) is 0 Å². The molecule has 7 nitrogen and oxygen atoms in total. The van der Waals surface area contributed by atoms with E-state index in [9.17, 15) is 4.79 Å². The first-order valence-corrected chi connectivity index (χ1v) is 10.7. The number of halogens is 1. The summed E-state index contributed by atoms with van der Waals surface area (Å²) in [6.07, 6.45) is 1.54. The summed E-state index contributed by atoms with van der Waals surface area (Å²) in [5.41, 5.74) is 3.01. The Bertz CT molecular complexity index is 1190. The van der Waals surface area contributed by atoms with Crippen LogP contribution < -0.4 is 15.4 Å². The fourth-order valence-electron chi connectivity index (χ4n) is 2.88. The Morgan fingerprint density at radius 3 is 2.45 bits per heavy atom. The summed E-state index contributed by atoms with van der Waals surface area (Å²) in [6.45, 7) is 4.00. The maximum Gasteiger partial charge on any atom is 0.269 e. The van der Waals surface area contributed by atoms with Crippen LogP contribution >= 0.6 is 15.9 Å². The number of carbonyl (C=O) groups is 1. The van der Waals surface area contributed by atoms with Gasteiger partial charge in [0, 0.05) is 42.6 Å². The molecule has 0 aliphatic heterocycles. The number of nitrogens with one attached hydrogen (secondary N) is 2. The second-order valence-corrected chi connectivity index (χ2v) is 7.25. The Labute approximate surface area is 189 Å². The summed E-state index contributed by atoms with van der Waals surface area (Å²) in [7, 11) is 3.52. The lowest BCUT2D eigenvalue weighted by Gasteiger charge is -2.07. The number of hydrogen-bond acceptors (Lipinski definition) is 5. The van der Waals surface area contributed by atoms with Crippen LogP contribution in [-0.2, 0) is 7.05 Å². The van der Waals surface area contributed by atoms with Gasteiger partial charge in [0.15, 0.2) is 0 Å². The molecule has 2 aromatic heterocycles. The summed E-state index contributed by atoms with van der Waals surface area (Å²) in [5, 5.41) is 5.87. The lowest BCUT2D eigenvalue weighted by Crippen LogP contribution is -2.18. The Balaban J connectivity index is 0.00000132. The van der Waals surface area contributed by atoms with Crippen molar-refractivity contribution in [2.24, 2.45) is 7.05 Å². The molecule has 0 atom stereocenters. The zero-order chi connectivity index (χ0) is 22.4. The van der Waals surface area contributed by atoms with Crippen LogP contribution in [0.4, 0.5) is 11.6 Å². The topological polar surface area (TPSA) is 81.1 Å². The Morgan fingerprint density at radius 2 is 1.74 bits per heavy atom. The largest absolute Gasteiger partial charge is 0.457 e. The van der Waals surface area contributed by atoms with E-state index < -0.39 is 0 Å². The van der Waals surface area contributed by atoms with Gasteiger partial charge in [0.2, 0.25) is 5.95 Å². The van der Waals surface area contributed by atoms with Crippen molar-refractivity contribution in [1.82, 2.24) is 19.9 Å². The molecule has 0 aliphatic rings. The molecular formula is C23H24BrN5O2. The first-order chi connectivity index (χ1) is 15.0. The van der Waals surface area contributed by atoms with E-state index in [1.165, 1.54) is 0 Å². The molecule has 0 spiro atoms. The third kappa shape index (κ3) is 5.21. The normalized spacial score (nSPS) is 10.2.